The number of halogens is 2. The fourth-order valence-electron chi connectivity index (χ4n) is 0.939. The fourth-order valence-corrected chi connectivity index (χ4v) is 3.40. The molecule has 15 heavy (non-hydrogen) atoms. The molecule has 2 nitrogen and oxygen atoms in total. The van der Waals surface area contributed by atoms with Gasteiger partial charge in [-0.05, 0) is 40.7 Å². The molecule has 0 atom stereocenters. The molecule has 0 aliphatic rings. The van der Waals surface area contributed by atoms with Crippen LogP contribution in [0.15, 0.2) is 31.5 Å². The van der Waals surface area contributed by atoms with E-state index in [0.29, 0.717) is 5.02 Å². The number of rotatable bonds is 2. The molecule has 6 heteroatoms. The molecule has 2 heterocycles. The molecule has 0 aliphatic heterocycles. The molecule has 0 bridgehead atoms. The molecule has 0 radical (unpaired) electrons. The van der Waals surface area contributed by atoms with Crippen molar-refractivity contribution in [1.82, 2.24) is 9.97 Å². The Bertz CT molecular complexity index is 487. The summed E-state index contributed by atoms with van der Waals surface area (Å²) in [6, 6.07) is 1.83. The Morgan fingerprint density at radius 1 is 1.53 bits per heavy atom. The van der Waals surface area contributed by atoms with Crippen LogP contribution in [0.4, 0.5) is 0 Å². The number of nitrogens with zero attached hydrogens (tertiary/aromatic N) is 2. The van der Waals surface area contributed by atoms with Crippen molar-refractivity contribution in [2.75, 3.05) is 0 Å². The van der Waals surface area contributed by atoms with Crippen LogP contribution in [0.5, 0.6) is 0 Å². The van der Waals surface area contributed by atoms with Crippen molar-refractivity contribution in [3.8, 4) is 0 Å². The van der Waals surface area contributed by atoms with Gasteiger partial charge >= 0.3 is 0 Å². The van der Waals surface area contributed by atoms with E-state index >= 15 is 0 Å². The average Bonchev–Trinajstić information content (AvgIpc) is 2.56. The number of thiazole rings is 1. The number of hydrogen-bond acceptors (Lipinski definition) is 4. The Morgan fingerprint density at radius 2 is 2.33 bits per heavy atom. The lowest BCUT2D eigenvalue weighted by atomic mass is 10.5. The van der Waals surface area contributed by atoms with Crippen molar-refractivity contribution in [3.05, 3.63) is 32.8 Å². The minimum Gasteiger partial charge on any atom is -0.247 e. The zero-order valence-electron chi connectivity index (χ0n) is 7.70. The first-order valence-corrected chi connectivity index (χ1v) is 6.93. The van der Waals surface area contributed by atoms with Crippen LogP contribution in [-0.2, 0) is 0 Å². The molecule has 0 saturated carbocycles. The lowest BCUT2D eigenvalue weighted by molar-refractivity contribution is 1.10. The summed E-state index contributed by atoms with van der Waals surface area (Å²) >= 11 is 12.5. The molecule has 0 spiro atoms. The fraction of sp³-hybridized carbons (Fsp3) is 0.111. The van der Waals surface area contributed by atoms with Gasteiger partial charge in [-0.1, -0.05) is 11.6 Å². The second kappa shape index (κ2) is 4.82. The van der Waals surface area contributed by atoms with Crippen LogP contribution in [-0.4, -0.2) is 9.97 Å². The summed E-state index contributed by atoms with van der Waals surface area (Å²) < 4.78 is 1.84. The minimum atomic E-state index is 0.641. The third-order valence-corrected chi connectivity index (χ3v) is 4.46. The summed E-state index contributed by atoms with van der Waals surface area (Å²) in [5.74, 6) is 0. The van der Waals surface area contributed by atoms with E-state index in [1.165, 1.54) is 11.8 Å². The molecule has 0 aromatic carbocycles. The molecule has 0 fully saturated rings. The predicted octanol–water partition coefficient (Wildman–Crippen LogP) is 4.41. The van der Waals surface area contributed by atoms with Gasteiger partial charge in [0.15, 0.2) is 4.34 Å². The van der Waals surface area contributed by atoms with Gasteiger partial charge < -0.3 is 0 Å². The Hall–Kier alpha value is -0.100. The number of aryl methyl sites for hydroxylation is 1. The molecule has 2 rings (SSSR count). The highest BCUT2D eigenvalue weighted by Gasteiger charge is 2.07. The van der Waals surface area contributed by atoms with Crippen molar-refractivity contribution >= 4 is 50.6 Å². The van der Waals surface area contributed by atoms with Crippen molar-refractivity contribution in [2.45, 2.75) is 16.3 Å². The molecule has 2 aromatic heterocycles. The maximum Gasteiger partial charge on any atom is 0.156 e. The summed E-state index contributed by atoms with van der Waals surface area (Å²) in [5.41, 5.74) is 1.02. The minimum absolute atomic E-state index is 0.641. The molecule has 0 N–H and O–H groups in total. The van der Waals surface area contributed by atoms with Gasteiger partial charge in [0.2, 0.25) is 0 Å². The molecule has 0 aliphatic carbocycles. The van der Waals surface area contributed by atoms with Gasteiger partial charge in [-0.15, -0.1) is 11.3 Å². The van der Waals surface area contributed by atoms with Crippen molar-refractivity contribution in [3.63, 3.8) is 0 Å². The van der Waals surface area contributed by atoms with E-state index in [4.69, 9.17) is 11.6 Å². The van der Waals surface area contributed by atoms with Crippen molar-refractivity contribution in [2.24, 2.45) is 0 Å². The molecule has 0 amide bonds. The van der Waals surface area contributed by atoms with Gasteiger partial charge in [0.05, 0.1) is 5.02 Å². The van der Waals surface area contributed by atoms with Crippen LogP contribution in [0.3, 0.4) is 0 Å². The lowest BCUT2D eigenvalue weighted by Gasteiger charge is -1.99. The highest BCUT2D eigenvalue weighted by molar-refractivity contribution is 9.10. The van der Waals surface area contributed by atoms with E-state index in [-0.39, 0.29) is 0 Å². The van der Waals surface area contributed by atoms with Gasteiger partial charge in [0.1, 0.15) is 5.03 Å². The van der Waals surface area contributed by atoms with E-state index in [1.54, 1.807) is 17.5 Å². The standard InChI is InChI=1S/C9H6BrClN2S2/c1-5-4-14-9(13-5)15-8-7(11)2-6(10)3-12-8/h2-4H,1H3. The van der Waals surface area contributed by atoms with Gasteiger partial charge in [0.25, 0.3) is 0 Å². The topological polar surface area (TPSA) is 25.8 Å². The molecular weight excluding hydrogens is 316 g/mol. The number of aromatic nitrogens is 2. The Balaban J connectivity index is 2.24. The van der Waals surface area contributed by atoms with E-state index in [9.17, 15) is 0 Å². The van der Waals surface area contributed by atoms with Crippen LogP contribution in [0.2, 0.25) is 5.02 Å². The van der Waals surface area contributed by atoms with Crippen LogP contribution < -0.4 is 0 Å². The highest BCUT2D eigenvalue weighted by Crippen LogP contribution is 2.34. The summed E-state index contributed by atoms with van der Waals surface area (Å²) in [5, 5.41) is 3.44. The maximum absolute atomic E-state index is 6.05. The Labute approximate surface area is 109 Å². The summed E-state index contributed by atoms with van der Waals surface area (Å²) in [7, 11) is 0. The first-order valence-electron chi connectivity index (χ1n) is 4.06. The molecule has 0 saturated heterocycles. The summed E-state index contributed by atoms with van der Waals surface area (Å²) in [6.45, 7) is 1.97. The first kappa shape index (κ1) is 11.4. The largest absolute Gasteiger partial charge is 0.247 e. The molecule has 2 aromatic rings. The second-order valence-corrected chi connectivity index (χ2v) is 6.21. The van der Waals surface area contributed by atoms with Crippen LogP contribution in [0.25, 0.3) is 0 Å². The summed E-state index contributed by atoms with van der Waals surface area (Å²) in [4.78, 5) is 8.57. The zero-order valence-corrected chi connectivity index (χ0v) is 11.7. The lowest BCUT2D eigenvalue weighted by Crippen LogP contribution is -1.81. The third kappa shape index (κ3) is 2.93. The Kier molecular flexibility index (Phi) is 3.66. The van der Waals surface area contributed by atoms with Crippen LogP contribution in [0.1, 0.15) is 5.69 Å². The van der Waals surface area contributed by atoms with Crippen LogP contribution in [0, 0.1) is 6.92 Å². The van der Waals surface area contributed by atoms with E-state index in [0.717, 1.165) is 19.5 Å². The van der Waals surface area contributed by atoms with Gasteiger partial charge in [-0.3, -0.25) is 0 Å². The summed E-state index contributed by atoms with van der Waals surface area (Å²) in [6.07, 6.45) is 1.73. The zero-order chi connectivity index (χ0) is 10.8. The second-order valence-electron chi connectivity index (χ2n) is 2.80. The van der Waals surface area contributed by atoms with Gasteiger partial charge in [0, 0.05) is 21.7 Å². The average molecular weight is 322 g/mol. The van der Waals surface area contributed by atoms with Crippen molar-refractivity contribution < 1.29 is 0 Å². The quantitative estimate of drug-likeness (QED) is 0.819. The SMILES string of the molecule is Cc1csc(Sc2ncc(Br)cc2Cl)n1. The van der Waals surface area contributed by atoms with Crippen molar-refractivity contribution in [1.29, 1.82) is 0 Å². The smallest absolute Gasteiger partial charge is 0.156 e. The number of hydrogen-bond donors (Lipinski definition) is 0. The van der Waals surface area contributed by atoms with E-state index in [2.05, 4.69) is 25.9 Å². The molecule has 78 valence electrons. The van der Waals surface area contributed by atoms with Gasteiger partial charge in [-0.25, -0.2) is 9.97 Å². The molecule has 0 unspecified atom stereocenters. The monoisotopic (exact) mass is 320 g/mol. The first-order chi connectivity index (χ1) is 7.15. The number of pyridine rings is 1. The van der Waals surface area contributed by atoms with E-state index in [1.807, 2.05) is 18.4 Å². The maximum atomic E-state index is 6.05. The predicted molar refractivity (Wildman–Crippen MR) is 67.9 cm³/mol. The Morgan fingerprint density at radius 3 is 2.93 bits per heavy atom. The highest BCUT2D eigenvalue weighted by atomic mass is 79.9. The van der Waals surface area contributed by atoms with E-state index < -0.39 is 0 Å². The van der Waals surface area contributed by atoms with Crippen LogP contribution >= 0.6 is 50.6 Å². The van der Waals surface area contributed by atoms with Gasteiger partial charge in [-0.2, -0.15) is 0 Å². The third-order valence-electron chi connectivity index (χ3n) is 1.56. The normalized spacial score (nSPS) is 10.6. The molecular formula is C9H6BrClN2S2.